The van der Waals surface area contributed by atoms with Crippen molar-refractivity contribution in [3.8, 4) is 5.75 Å². The van der Waals surface area contributed by atoms with Gasteiger partial charge in [0.1, 0.15) is 5.75 Å². The highest BCUT2D eigenvalue weighted by molar-refractivity contribution is 7.87. The SMILES string of the molecule is CCS(=O)(=O)Oc1cccc(CN(CCOC)C(=O)c2cccs2)c1. The molecular weight excluding hydrogens is 362 g/mol. The average molecular weight is 383 g/mol. The van der Waals surface area contributed by atoms with Crippen molar-refractivity contribution in [1.82, 2.24) is 4.90 Å². The van der Waals surface area contributed by atoms with Crippen LogP contribution in [-0.4, -0.2) is 45.2 Å². The predicted octanol–water partition coefficient (Wildman–Crippen LogP) is 2.77. The molecule has 0 aliphatic heterocycles. The summed E-state index contributed by atoms with van der Waals surface area (Å²) in [6, 6.07) is 10.4. The van der Waals surface area contributed by atoms with Crippen molar-refractivity contribution < 1.29 is 22.1 Å². The molecule has 136 valence electrons. The van der Waals surface area contributed by atoms with Gasteiger partial charge in [-0.05, 0) is 36.1 Å². The van der Waals surface area contributed by atoms with E-state index >= 15 is 0 Å². The van der Waals surface area contributed by atoms with Crippen molar-refractivity contribution in [2.45, 2.75) is 13.5 Å². The van der Waals surface area contributed by atoms with Gasteiger partial charge in [0.05, 0.1) is 17.2 Å². The average Bonchev–Trinajstić information content (AvgIpc) is 3.12. The Balaban J connectivity index is 2.16. The molecule has 0 N–H and O–H groups in total. The summed E-state index contributed by atoms with van der Waals surface area (Å²) in [6.45, 7) is 2.71. The highest BCUT2D eigenvalue weighted by Gasteiger charge is 2.17. The zero-order valence-corrected chi connectivity index (χ0v) is 15.8. The zero-order chi connectivity index (χ0) is 18.3. The van der Waals surface area contributed by atoms with Gasteiger partial charge >= 0.3 is 10.1 Å². The highest BCUT2D eigenvalue weighted by atomic mass is 32.2. The number of thiophene rings is 1. The third-order valence-electron chi connectivity index (χ3n) is 3.43. The number of benzene rings is 1. The van der Waals surface area contributed by atoms with Crippen molar-refractivity contribution in [1.29, 1.82) is 0 Å². The van der Waals surface area contributed by atoms with Gasteiger partial charge < -0.3 is 13.8 Å². The molecule has 0 atom stereocenters. The van der Waals surface area contributed by atoms with E-state index in [0.717, 1.165) is 5.56 Å². The molecule has 8 heteroatoms. The summed E-state index contributed by atoms with van der Waals surface area (Å²) < 4.78 is 33.3. The molecule has 0 saturated carbocycles. The lowest BCUT2D eigenvalue weighted by Crippen LogP contribution is -2.33. The van der Waals surface area contributed by atoms with Crippen LogP contribution in [-0.2, 0) is 21.4 Å². The smallest absolute Gasteiger partial charge is 0.308 e. The van der Waals surface area contributed by atoms with Crippen LogP contribution in [0.5, 0.6) is 5.75 Å². The Hall–Kier alpha value is -1.90. The first-order valence-corrected chi connectivity index (χ1v) is 10.2. The summed E-state index contributed by atoms with van der Waals surface area (Å²) in [4.78, 5) is 14.9. The van der Waals surface area contributed by atoms with E-state index in [4.69, 9.17) is 8.92 Å². The molecule has 1 heterocycles. The second kappa shape index (κ2) is 8.98. The first-order chi connectivity index (χ1) is 11.9. The van der Waals surface area contributed by atoms with Crippen LogP contribution in [0.3, 0.4) is 0 Å². The number of carbonyl (C=O) groups is 1. The van der Waals surface area contributed by atoms with E-state index in [9.17, 15) is 13.2 Å². The lowest BCUT2D eigenvalue weighted by molar-refractivity contribution is 0.0685. The van der Waals surface area contributed by atoms with Gasteiger partial charge in [-0.3, -0.25) is 4.79 Å². The normalized spacial score (nSPS) is 11.3. The minimum atomic E-state index is -3.58. The predicted molar refractivity (Wildman–Crippen MR) is 97.5 cm³/mol. The summed E-state index contributed by atoms with van der Waals surface area (Å²) in [7, 11) is -2.00. The lowest BCUT2D eigenvalue weighted by Gasteiger charge is -2.22. The molecule has 1 aromatic heterocycles. The molecule has 0 fully saturated rings. The number of carbonyl (C=O) groups excluding carboxylic acids is 1. The number of hydrogen-bond donors (Lipinski definition) is 0. The summed E-state index contributed by atoms with van der Waals surface area (Å²) in [5.41, 5.74) is 0.782. The fourth-order valence-electron chi connectivity index (χ4n) is 2.13. The van der Waals surface area contributed by atoms with Gasteiger partial charge in [0.25, 0.3) is 5.91 Å². The van der Waals surface area contributed by atoms with Gasteiger partial charge in [0.2, 0.25) is 0 Å². The van der Waals surface area contributed by atoms with Crippen LogP contribution in [0.2, 0.25) is 0 Å². The largest absolute Gasteiger partial charge is 0.383 e. The quantitative estimate of drug-likeness (QED) is 0.623. The summed E-state index contributed by atoms with van der Waals surface area (Å²) >= 11 is 1.38. The molecule has 0 unspecified atom stereocenters. The lowest BCUT2D eigenvalue weighted by atomic mass is 10.2. The number of amides is 1. The summed E-state index contributed by atoms with van der Waals surface area (Å²) in [5.74, 6) is 0.0581. The van der Waals surface area contributed by atoms with Crippen LogP contribution in [0.4, 0.5) is 0 Å². The van der Waals surface area contributed by atoms with Crippen molar-refractivity contribution >= 4 is 27.4 Å². The molecule has 1 aromatic carbocycles. The molecule has 25 heavy (non-hydrogen) atoms. The number of nitrogens with zero attached hydrogens (tertiary/aromatic N) is 1. The fourth-order valence-corrected chi connectivity index (χ4v) is 3.34. The molecule has 0 spiro atoms. The van der Waals surface area contributed by atoms with Gasteiger partial charge in [-0.25, -0.2) is 0 Å². The van der Waals surface area contributed by atoms with E-state index in [1.807, 2.05) is 17.5 Å². The Labute approximate surface area is 152 Å². The first kappa shape index (κ1) is 19.4. The van der Waals surface area contributed by atoms with Gasteiger partial charge in [-0.15, -0.1) is 11.3 Å². The second-order valence-corrected chi connectivity index (χ2v) is 8.08. The zero-order valence-electron chi connectivity index (χ0n) is 14.2. The topological polar surface area (TPSA) is 72.9 Å². The molecule has 0 radical (unpaired) electrons. The Bertz CT molecular complexity index is 787. The number of hydrogen-bond acceptors (Lipinski definition) is 6. The molecule has 6 nitrogen and oxygen atoms in total. The van der Waals surface area contributed by atoms with Crippen LogP contribution in [0.1, 0.15) is 22.2 Å². The van der Waals surface area contributed by atoms with Gasteiger partial charge in [-0.2, -0.15) is 8.42 Å². The summed E-state index contributed by atoms with van der Waals surface area (Å²) in [5, 5.41) is 1.85. The van der Waals surface area contributed by atoms with Crippen LogP contribution >= 0.6 is 11.3 Å². The van der Waals surface area contributed by atoms with Crippen LogP contribution in [0.15, 0.2) is 41.8 Å². The van der Waals surface area contributed by atoms with Crippen molar-refractivity contribution in [3.05, 3.63) is 52.2 Å². The van der Waals surface area contributed by atoms with Gasteiger partial charge in [0, 0.05) is 20.2 Å². The van der Waals surface area contributed by atoms with E-state index in [0.29, 0.717) is 24.6 Å². The number of ether oxygens (including phenoxy) is 1. The van der Waals surface area contributed by atoms with E-state index < -0.39 is 10.1 Å². The highest BCUT2D eigenvalue weighted by Crippen LogP contribution is 2.19. The molecule has 2 aromatic rings. The number of methoxy groups -OCH3 is 1. The standard InChI is InChI=1S/C17H21NO5S2/c1-3-25(20,21)23-15-7-4-6-14(12-15)13-18(9-10-22-2)17(19)16-8-5-11-24-16/h4-8,11-12H,3,9-10,13H2,1-2H3. The Morgan fingerprint density at radius 1 is 1.24 bits per heavy atom. The minimum Gasteiger partial charge on any atom is -0.383 e. The van der Waals surface area contributed by atoms with Crippen LogP contribution in [0, 0.1) is 0 Å². The molecular formula is C17H21NO5S2. The van der Waals surface area contributed by atoms with E-state index in [-0.39, 0.29) is 17.4 Å². The Morgan fingerprint density at radius 2 is 2.04 bits per heavy atom. The molecule has 0 aliphatic rings. The first-order valence-electron chi connectivity index (χ1n) is 7.78. The summed E-state index contributed by atoms with van der Waals surface area (Å²) in [6.07, 6.45) is 0. The number of rotatable bonds is 9. The monoisotopic (exact) mass is 383 g/mol. The van der Waals surface area contributed by atoms with Crippen molar-refractivity contribution in [2.24, 2.45) is 0 Å². The van der Waals surface area contributed by atoms with Crippen molar-refractivity contribution in [2.75, 3.05) is 26.0 Å². The van der Waals surface area contributed by atoms with E-state index in [1.54, 1.807) is 36.3 Å². The maximum absolute atomic E-state index is 12.6. The minimum absolute atomic E-state index is 0.0837. The van der Waals surface area contributed by atoms with E-state index in [1.165, 1.54) is 18.3 Å². The molecule has 1 amide bonds. The third kappa shape index (κ3) is 5.84. The second-order valence-electron chi connectivity index (χ2n) is 5.27. The molecule has 0 aliphatic carbocycles. The van der Waals surface area contributed by atoms with E-state index in [2.05, 4.69) is 0 Å². The fraction of sp³-hybridized carbons (Fsp3) is 0.353. The maximum Gasteiger partial charge on any atom is 0.308 e. The van der Waals surface area contributed by atoms with Gasteiger partial charge in [-0.1, -0.05) is 18.2 Å². The maximum atomic E-state index is 12.6. The molecule has 0 saturated heterocycles. The Morgan fingerprint density at radius 3 is 2.68 bits per heavy atom. The third-order valence-corrected chi connectivity index (χ3v) is 5.44. The Kier molecular flexibility index (Phi) is 6.98. The molecule has 0 bridgehead atoms. The van der Waals surface area contributed by atoms with Crippen LogP contribution < -0.4 is 4.18 Å². The van der Waals surface area contributed by atoms with Crippen LogP contribution in [0.25, 0.3) is 0 Å². The van der Waals surface area contributed by atoms with Gasteiger partial charge in [0.15, 0.2) is 0 Å². The molecule has 2 rings (SSSR count). The van der Waals surface area contributed by atoms with Crippen molar-refractivity contribution in [3.63, 3.8) is 0 Å².